The molecule has 0 bridgehead atoms. The molecule has 0 saturated carbocycles. The zero-order valence-electron chi connectivity index (χ0n) is 18.2. The molecule has 10 heteroatoms. The number of hydrogen-bond donors (Lipinski definition) is 1. The molecule has 0 fully saturated rings. The van der Waals surface area contributed by atoms with Crippen LogP contribution in [0.2, 0.25) is 15.1 Å². The Labute approximate surface area is 216 Å². The maximum absolute atomic E-state index is 12.5. The van der Waals surface area contributed by atoms with Crippen LogP contribution < -0.4 is 14.8 Å². The first-order valence-corrected chi connectivity index (χ1v) is 11.8. The van der Waals surface area contributed by atoms with Gasteiger partial charge >= 0.3 is 0 Å². The van der Waals surface area contributed by atoms with E-state index in [2.05, 4.69) is 10.5 Å². The smallest absolute Gasteiger partial charge is 0.294 e. The monoisotopic (exact) mass is 532 g/mol. The van der Waals surface area contributed by atoms with Gasteiger partial charge in [0.15, 0.2) is 0 Å². The van der Waals surface area contributed by atoms with Gasteiger partial charge in [0, 0.05) is 39.0 Å². The lowest BCUT2D eigenvalue weighted by molar-refractivity contribution is -0.119. The normalized spacial score (nSPS) is 14.4. The predicted molar refractivity (Wildman–Crippen MR) is 134 cm³/mol. The van der Waals surface area contributed by atoms with Crippen molar-refractivity contribution in [2.75, 3.05) is 13.2 Å². The zero-order chi connectivity index (χ0) is 24.9. The lowest BCUT2D eigenvalue weighted by atomic mass is 9.92. The molecule has 4 rings (SSSR count). The molecule has 0 spiro atoms. The van der Waals surface area contributed by atoms with Gasteiger partial charge in [-0.3, -0.25) is 9.59 Å². The number of nitrogens with one attached hydrogen (secondary N) is 1. The molecule has 0 aliphatic carbocycles. The van der Waals surface area contributed by atoms with E-state index >= 15 is 0 Å². The number of hydrogen-bond acceptors (Lipinski definition) is 5. The van der Waals surface area contributed by atoms with Crippen LogP contribution in [0, 0.1) is 4.91 Å². The molecule has 3 aromatic rings. The Morgan fingerprint density at radius 2 is 1.80 bits per heavy atom. The van der Waals surface area contributed by atoms with Crippen molar-refractivity contribution in [2.24, 2.45) is 5.18 Å². The molecule has 0 saturated heterocycles. The van der Waals surface area contributed by atoms with Crippen LogP contribution in [-0.2, 0) is 11.2 Å². The zero-order valence-corrected chi connectivity index (χ0v) is 20.5. The third-order valence-electron chi connectivity index (χ3n) is 5.53. The topological polar surface area (TPSA) is 94.1 Å². The molecule has 1 aliphatic rings. The summed E-state index contributed by atoms with van der Waals surface area (Å²) in [5.74, 6) is -0.500. The number of rotatable bonds is 7. The Bertz CT molecular complexity index is 1280. The highest BCUT2D eigenvalue weighted by Gasteiger charge is 2.30. The number of ether oxygens (including phenoxy) is 2. The summed E-state index contributed by atoms with van der Waals surface area (Å²) >= 11 is 18.4. The molecule has 1 N–H and O–H groups in total. The molecule has 180 valence electrons. The first kappa shape index (κ1) is 25.0. The Balaban J connectivity index is 1.39. The standard InChI is InChI=1S/C25H19Cl3N2O5/c26-16-4-1-14(20(27)11-16)7-9-29-24(31)15-2-5-17(6-3-15)35-23-13-22-19(12-21(23)28)18(8-10-34-22)25(32)30-33/h1-6,11-13,18H,7-10H2,(H,29,31). The van der Waals surface area contributed by atoms with Crippen LogP contribution in [0.5, 0.6) is 17.2 Å². The second-order valence-electron chi connectivity index (χ2n) is 7.81. The summed E-state index contributed by atoms with van der Waals surface area (Å²) in [5.41, 5.74) is 1.86. The van der Waals surface area contributed by atoms with Crippen LogP contribution in [0.1, 0.15) is 33.8 Å². The largest absolute Gasteiger partial charge is 0.493 e. The lowest BCUT2D eigenvalue weighted by Gasteiger charge is -2.24. The van der Waals surface area contributed by atoms with Gasteiger partial charge in [0.25, 0.3) is 11.8 Å². The van der Waals surface area contributed by atoms with E-state index in [1.165, 1.54) is 0 Å². The molecule has 0 aromatic heterocycles. The fraction of sp³-hybridized carbons (Fsp3) is 0.200. The maximum atomic E-state index is 12.5. The van der Waals surface area contributed by atoms with E-state index in [-0.39, 0.29) is 17.5 Å². The second-order valence-corrected chi connectivity index (χ2v) is 9.06. The van der Waals surface area contributed by atoms with Crippen molar-refractivity contribution < 1.29 is 19.1 Å². The first-order valence-electron chi connectivity index (χ1n) is 10.7. The van der Waals surface area contributed by atoms with Crippen LogP contribution in [0.25, 0.3) is 0 Å². The van der Waals surface area contributed by atoms with Crippen molar-refractivity contribution in [1.82, 2.24) is 5.32 Å². The number of nitroso groups, excluding NO2 is 1. The summed E-state index contributed by atoms with van der Waals surface area (Å²) in [6.07, 6.45) is 0.918. The number of carbonyl (C=O) groups is 2. The third-order valence-corrected chi connectivity index (χ3v) is 6.41. The van der Waals surface area contributed by atoms with Gasteiger partial charge < -0.3 is 14.8 Å². The van der Waals surface area contributed by atoms with Crippen molar-refractivity contribution in [3.63, 3.8) is 0 Å². The van der Waals surface area contributed by atoms with Crippen LogP contribution in [0.3, 0.4) is 0 Å². The van der Waals surface area contributed by atoms with E-state index in [0.29, 0.717) is 57.8 Å². The molecule has 3 aromatic carbocycles. The third kappa shape index (κ3) is 5.93. The minimum absolute atomic E-state index is 0.235. The minimum Gasteiger partial charge on any atom is -0.493 e. The number of carbonyl (C=O) groups excluding carboxylic acids is 2. The number of fused-ring (bicyclic) bond motifs is 1. The van der Waals surface area contributed by atoms with Crippen molar-refractivity contribution in [3.05, 3.63) is 91.3 Å². The number of benzene rings is 3. The van der Waals surface area contributed by atoms with E-state index in [1.807, 2.05) is 6.07 Å². The van der Waals surface area contributed by atoms with Crippen molar-refractivity contribution in [3.8, 4) is 17.2 Å². The fourth-order valence-electron chi connectivity index (χ4n) is 3.73. The average molecular weight is 534 g/mol. The van der Waals surface area contributed by atoms with Gasteiger partial charge in [-0.1, -0.05) is 40.9 Å². The van der Waals surface area contributed by atoms with E-state index < -0.39 is 11.8 Å². The summed E-state index contributed by atoms with van der Waals surface area (Å²) in [6, 6.07) is 14.9. The SMILES string of the molecule is O=NC(=O)C1CCOc2cc(Oc3ccc(C(=O)NCCc4ccc(Cl)cc4Cl)cc3)c(Cl)cc21. The predicted octanol–water partition coefficient (Wildman–Crippen LogP) is 6.57. The fourth-order valence-corrected chi connectivity index (χ4v) is 4.44. The van der Waals surface area contributed by atoms with Gasteiger partial charge in [-0.2, -0.15) is 0 Å². The lowest BCUT2D eigenvalue weighted by Crippen LogP contribution is -2.25. The van der Waals surface area contributed by atoms with Gasteiger partial charge in [0.1, 0.15) is 17.2 Å². The first-order chi connectivity index (χ1) is 16.9. The van der Waals surface area contributed by atoms with E-state index in [1.54, 1.807) is 48.5 Å². The molecule has 2 amide bonds. The van der Waals surface area contributed by atoms with Gasteiger partial charge in [-0.05, 0) is 60.9 Å². The average Bonchev–Trinajstić information content (AvgIpc) is 2.85. The number of nitrogens with zero attached hydrogens (tertiary/aromatic N) is 1. The molecule has 1 unspecified atom stereocenters. The number of amides is 2. The quantitative estimate of drug-likeness (QED) is 0.347. The van der Waals surface area contributed by atoms with Crippen LogP contribution in [-0.4, -0.2) is 25.0 Å². The summed E-state index contributed by atoms with van der Waals surface area (Å²) in [5, 5.41) is 6.75. The Morgan fingerprint density at radius 1 is 1.03 bits per heavy atom. The molecule has 1 heterocycles. The molecule has 1 aliphatic heterocycles. The molecule has 7 nitrogen and oxygen atoms in total. The van der Waals surface area contributed by atoms with Gasteiger partial charge in [-0.25, -0.2) is 0 Å². The Kier molecular flexibility index (Phi) is 7.90. The van der Waals surface area contributed by atoms with Crippen molar-refractivity contribution in [1.29, 1.82) is 0 Å². The summed E-state index contributed by atoms with van der Waals surface area (Å²) in [4.78, 5) is 35.0. The van der Waals surface area contributed by atoms with E-state index in [4.69, 9.17) is 44.3 Å². The van der Waals surface area contributed by atoms with Gasteiger partial charge in [-0.15, -0.1) is 4.91 Å². The summed E-state index contributed by atoms with van der Waals surface area (Å²) in [7, 11) is 0. The van der Waals surface area contributed by atoms with Crippen molar-refractivity contribution >= 4 is 46.6 Å². The highest BCUT2D eigenvalue weighted by Crippen LogP contribution is 2.42. The van der Waals surface area contributed by atoms with Crippen LogP contribution >= 0.6 is 34.8 Å². The second kappa shape index (κ2) is 11.1. The van der Waals surface area contributed by atoms with E-state index in [0.717, 1.165) is 5.56 Å². The van der Waals surface area contributed by atoms with E-state index in [9.17, 15) is 14.5 Å². The van der Waals surface area contributed by atoms with Crippen LogP contribution in [0.15, 0.2) is 59.8 Å². The number of halogens is 3. The molecule has 35 heavy (non-hydrogen) atoms. The van der Waals surface area contributed by atoms with Crippen molar-refractivity contribution in [2.45, 2.75) is 18.8 Å². The summed E-state index contributed by atoms with van der Waals surface area (Å²) < 4.78 is 11.5. The van der Waals surface area contributed by atoms with Crippen LogP contribution in [0.4, 0.5) is 0 Å². The Hall–Kier alpha value is -3.13. The van der Waals surface area contributed by atoms with Gasteiger partial charge in [0.2, 0.25) is 0 Å². The molecule has 0 radical (unpaired) electrons. The minimum atomic E-state index is -0.760. The summed E-state index contributed by atoms with van der Waals surface area (Å²) in [6.45, 7) is 0.681. The maximum Gasteiger partial charge on any atom is 0.294 e. The molecular weight excluding hydrogens is 515 g/mol. The molecule has 1 atom stereocenters. The molecular formula is C25H19Cl3N2O5. The highest BCUT2D eigenvalue weighted by atomic mass is 35.5. The van der Waals surface area contributed by atoms with Gasteiger partial charge in [0.05, 0.1) is 17.5 Å². The Morgan fingerprint density at radius 3 is 2.51 bits per heavy atom. The highest BCUT2D eigenvalue weighted by molar-refractivity contribution is 6.35.